The van der Waals surface area contributed by atoms with Crippen LogP contribution in [-0.2, 0) is 0 Å². The summed E-state index contributed by atoms with van der Waals surface area (Å²) in [6.07, 6.45) is 0. The minimum atomic E-state index is 0.386. The third kappa shape index (κ3) is 3.83. The van der Waals surface area contributed by atoms with Crippen molar-refractivity contribution in [3.05, 3.63) is 120 Å². The summed E-state index contributed by atoms with van der Waals surface area (Å²) >= 11 is 0. The molecule has 3 heterocycles. The molecule has 9 rings (SSSR count). The molecule has 3 nitrogen and oxygen atoms in total. The van der Waals surface area contributed by atoms with Gasteiger partial charge in [0.05, 0.1) is 0 Å². The Morgan fingerprint density at radius 3 is 1.24 bits per heavy atom. The Morgan fingerprint density at radius 2 is 0.822 bits per heavy atom. The molecule has 0 saturated heterocycles. The van der Waals surface area contributed by atoms with Crippen LogP contribution in [0.15, 0.2) is 118 Å². The quantitative estimate of drug-likeness (QED) is 0.224. The highest BCUT2D eigenvalue weighted by Crippen LogP contribution is 2.42. The topological polar surface area (TPSA) is 42.1 Å². The van der Waals surface area contributed by atoms with Gasteiger partial charge in [0.25, 0.3) is 0 Å². The van der Waals surface area contributed by atoms with Crippen molar-refractivity contribution >= 4 is 65.7 Å². The maximum absolute atomic E-state index is 6.66. The predicted molar refractivity (Wildman–Crippen MR) is 189 cm³/mol. The molecule has 0 spiro atoms. The van der Waals surface area contributed by atoms with Crippen molar-refractivity contribution in [2.45, 2.75) is 39.5 Å². The van der Waals surface area contributed by atoms with Gasteiger partial charge in [-0.15, -0.1) is 0 Å². The number of rotatable bonds is 4. The molecule has 1 N–H and O–H groups in total. The Kier molecular flexibility index (Phi) is 5.58. The number of nitrogens with one attached hydrogen (secondary N) is 1. The zero-order chi connectivity index (χ0) is 30.4. The van der Waals surface area contributed by atoms with Crippen LogP contribution in [0, 0.1) is 0 Å². The maximum Gasteiger partial charge on any atom is 0.143 e. The van der Waals surface area contributed by atoms with Crippen LogP contribution in [0.3, 0.4) is 0 Å². The molecule has 3 aromatic heterocycles. The van der Waals surface area contributed by atoms with Gasteiger partial charge in [-0.2, -0.15) is 0 Å². The number of furan rings is 2. The summed E-state index contributed by atoms with van der Waals surface area (Å²) in [6.45, 7) is 8.89. The van der Waals surface area contributed by atoms with Crippen molar-refractivity contribution in [3.63, 3.8) is 0 Å². The Labute approximate surface area is 261 Å². The molecule has 0 aliphatic heterocycles. The van der Waals surface area contributed by atoms with E-state index in [4.69, 9.17) is 8.83 Å². The van der Waals surface area contributed by atoms with E-state index in [1.54, 1.807) is 0 Å². The largest absolute Gasteiger partial charge is 0.455 e. The van der Waals surface area contributed by atoms with E-state index < -0.39 is 0 Å². The van der Waals surface area contributed by atoms with Crippen molar-refractivity contribution in [2.75, 3.05) is 0 Å². The molecule has 0 amide bonds. The van der Waals surface area contributed by atoms with Gasteiger partial charge >= 0.3 is 0 Å². The second-order valence-electron chi connectivity index (χ2n) is 13.0. The van der Waals surface area contributed by atoms with Crippen LogP contribution in [0.2, 0.25) is 0 Å². The average Bonchev–Trinajstić information content (AvgIpc) is 3.74. The standard InChI is InChI=1S/C42H33NO2/c1-23(2)27-9-5-13-31-33-15-7-11-29(41(33)44-39(27)31)25-17-19-37-35(21-25)36-22-26(18-20-38(36)43-37)30-12-8-16-34-32-14-6-10-28(24(3)4)40(32)45-42(30)34/h5-24,43H,1-4H3. The van der Waals surface area contributed by atoms with Gasteiger partial charge in [-0.3, -0.25) is 0 Å². The SMILES string of the molecule is CC(C)c1cccc2c1oc1c(-c3ccc4[nH]c5ccc(-c6cccc7c6oc6c(C(C)C)cccc67)cc5c4c3)cccc12. The number of fused-ring (bicyclic) bond motifs is 9. The molecule has 0 unspecified atom stereocenters. The van der Waals surface area contributed by atoms with E-state index in [9.17, 15) is 0 Å². The van der Waals surface area contributed by atoms with Crippen molar-refractivity contribution in [1.82, 2.24) is 4.98 Å². The molecule has 3 heteroatoms. The highest BCUT2D eigenvalue weighted by atomic mass is 16.3. The summed E-state index contributed by atoms with van der Waals surface area (Å²) in [5.74, 6) is 0.772. The van der Waals surface area contributed by atoms with Crippen LogP contribution in [0.4, 0.5) is 0 Å². The lowest BCUT2D eigenvalue weighted by Gasteiger charge is -2.05. The molecular formula is C42H33NO2. The fourth-order valence-electron chi connectivity index (χ4n) is 7.28. The number of para-hydroxylation sites is 4. The molecule has 6 aromatic carbocycles. The molecule has 0 radical (unpaired) electrons. The smallest absolute Gasteiger partial charge is 0.143 e. The van der Waals surface area contributed by atoms with Crippen molar-refractivity contribution < 1.29 is 8.83 Å². The van der Waals surface area contributed by atoms with Crippen LogP contribution in [0.25, 0.3) is 87.9 Å². The Hall–Kier alpha value is -5.28. The van der Waals surface area contributed by atoms with E-state index in [0.29, 0.717) is 11.8 Å². The van der Waals surface area contributed by atoms with Gasteiger partial charge in [-0.1, -0.05) is 113 Å². The Balaban J connectivity index is 1.23. The Bertz CT molecular complexity index is 2430. The van der Waals surface area contributed by atoms with E-state index in [2.05, 4.69) is 142 Å². The summed E-state index contributed by atoms with van der Waals surface area (Å²) in [4.78, 5) is 3.65. The molecule has 9 aromatic rings. The fraction of sp³-hybridized carbons (Fsp3) is 0.143. The monoisotopic (exact) mass is 583 g/mol. The fourth-order valence-corrected chi connectivity index (χ4v) is 7.28. The maximum atomic E-state index is 6.66. The molecule has 0 fully saturated rings. The van der Waals surface area contributed by atoms with E-state index in [0.717, 1.165) is 66.4 Å². The summed E-state index contributed by atoms with van der Waals surface area (Å²) in [7, 11) is 0. The van der Waals surface area contributed by atoms with Gasteiger partial charge in [-0.25, -0.2) is 0 Å². The molecule has 0 atom stereocenters. The molecule has 45 heavy (non-hydrogen) atoms. The highest BCUT2D eigenvalue weighted by molar-refractivity contribution is 6.15. The second kappa shape index (κ2) is 9.61. The first kappa shape index (κ1) is 26.2. The zero-order valence-corrected chi connectivity index (χ0v) is 25.9. The first-order valence-corrected chi connectivity index (χ1v) is 15.9. The number of benzene rings is 6. The zero-order valence-electron chi connectivity index (χ0n) is 25.9. The minimum Gasteiger partial charge on any atom is -0.455 e. The third-order valence-electron chi connectivity index (χ3n) is 9.57. The molecule has 218 valence electrons. The van der Waals surface area contributed by atoms with E-state index in [-0.39, 0.29) is 0 Å². The number of hydrogen-bond donors (Lipinski definition) is 1. The van der Waals surface area contributed by atoms with Crippen LogP contribution in [0.5, 0.6) is 0 Å². The molecule has 0 saturated carbocycles. The summed E-state index contributed by atoms with van der Waals surface area (Å²) < 4.78 is 13.3. The van der Waals surface area contributed by atoms with Crippen LogP contribution in [-0.4, -0.2) is 4.98 Å². The van der Waals surface area contributed by atoms with E-state index in [1.807, 2.05) is 0 Å². The van der Waals surface area contributed by atoms with E-state index >= 15 is 0 Å². The number of hydrogen-bond acceptors (Lipinski definition) is 2. The summed E-state index contributed by atoms with van der Waals surface area (Å²) in [5.41, 5.74) is 13.1. The van der Waals surface area contributed by atoms with Gasteiger partial charge in [0, 0.05) is 54.5 Å². The first-order chi connectivity index (χ1) is 22.0. The normalized spacial score (nSPS) is 12.4. The molecule has 0 aliphatic rings. The van der Waals surface area contributed by atoms with Gasteiger partial charge in [0.2, 0.25) is 0 Å². The van der Waals surface area contributed by atoms with Gasteiger partial charge in [-0.05, 0) is 58.4 Å². The lowest BCUT2D eigenvalue weighted by molar-refractivity contribution is 0.657. The lowest BCUT2D eigenvalue weighted by Crippen LogP contribution is -1.86. The predicted octanol–water partition coefficient (Wildman–Crippen LogP) is 12.7. The first-order valence-electron chi connectivity index (χ1n) is 15.9. The average molecular weight is 584 g/mol. The van der Waals surface area contributed by atoms with E-state index in [1.165, 1.54) is 32.7 Å². The van der Waals surface area contributed by atoms with Gasteiger partial charge < -0.3 is 13.8 Å². The number of H-pyrrole nitrogens is 1. The van der Waals surface area contributed by atoms with Crippen molar-refractivity contribution in [3.8, 4) is 22.3 Å². The molecule has 0 aliphatic carbocycles. The third-order valence-corrected chi connectivity index (χ3v) is 9.57. The van der Waals surface area contributed by atoms with Crippen molar-refractivity contribution in [1.29, 1.82) is 0 Å². The number of aromatic nitrogens is 1. The van der Waals surface area contributed by atoms with Crippen LogP contribution in [0.1, 0.15) is 50.7 Å². The van der Waals surface area contributed by atoms with Crippen LogP contribution < -0.4 is 0 Å². The summed E-state index contributed by atoms with van der Waals surface area (Å²) in [5, 5.41) is 7.06. The highest BCUT2D eigenvalue weighted by Gasteiger charge is 2.19. The van der Waals surface area contributed by atoms with Crippen LogP contribution >= 0.6 is 0 Å². The van der Waals surface area contributed by atoms with Gasteiger partial charge in [0.1, 0.15) is 22.3 Å². The van der Waals surface area contributed by atoms with Gasteiger partial charge in [0.15, 0.2) is 0 Å². The minimum absolute atomic E-state index is 0.386. The summed E-state index contributed by atoms with van der Waals surface area (Å²) in [6, 6.07) is 39.4. The lowest BCUT2D eigenvalue weighted by atomic mass is 9.97. The number of aromatic amines is 1. The molecule has 0 bridgehead atoms. The Morgan fingerprint density at radius 1 is 0.422 bits per heavy atom. The second-order valence-corrected chi connectivity index (χ2v) is 13.0. The van der Waals surface area contributed by atoms with Crippen molar-refractivity contribution in [2.24, 2.45) is 0 Å². The molecular weight excluding hydrogens is 550 g/mol.